The quantitative estimate of drug-likeness (QED) is 0.785. The number of nitrogens with one attached hydrogen (secondary N) is 1. The molecule has 1 aromatic carbocycles. The number of fused-ring (bicyclic) bond motifs is 2. The van der Waals surface area contributed by atoms with Crippen LogP contribution >= 0.6 is 11.6 Å². The average molecular weight is 297 g/mol. The third kappa shape index (κ3) is 2.11. The summed E-state index contributed by atoms with van der Waals surface area (Å²) in [5, 5.41) is 3.91. The number of rotatable bonds is 0. The Morgan fingerprint density at radius 2 is 1.90 bits per heavy atom. The molecule has 20 heavy (non-hydrogen) atoms. The summed E-state index contributed by atoms with van der Waals surface area (Å²) in [6.07, 6.45) is 2.10. The highest BCUT2D eigenvalue weighted by Crippen LogP contribution is 2.50. The van der Waals surface area contributed by atoms with Gasteiger partial charge in [-0.15, -0.1) is 0 Å². The second-order valence-corrected chi connectivity index (χ2v) is 7.51. The van der Waals surface area contributed by atoms with Gasteiger partial charge >= 0.3 is 0 Å². The molecule has 1 saturated heterocycles. The second kappa shape index (κ2) is 4.60. The van der Waals surface area contributed by atoms with Gasteiger partial charge in [0.25, 0.3) is 0 Å². The van der Waals surface area contributed by atoms with Crippen LogP contribution in [0.1, 0.15) is 39.2 Å². The van der Waals surface area contributed by atoms with E-state index in [4.69, 9.17) is 11.6 Å². The topological polar surface area (TPSA) is 15.3 Å². The maximum absolute atomic E-state index is 14.5. The molecule has 1 spiro atoms. The van der Waals surface area contributed by atoms with Crippen LogP contribution in [0.5, 0.6) is 0 Å². The van der Waals surface area contributed by atoms with Crippen molar-refractivity contribution in [3.8, 4) is 0 Å². The Morgan fingerprint density at radius 3 is 2.50 bits per heavy atom. The van der Waals surface area contributed by atoms with Crippen molar-refractivity contribution < 1.29 is 4.39 Å². The van der Waals surface area contributed by atoms with Crippen molar-refractivity contribution in [1.29, 1.82) is 0 Å². The summed E-state index contributed by atoms with van der Waals surface area (Å²) in [7, 11) is 0. The molecule has 2 heterocycles. The lowest BCUT2D eigenvalue weighted by molar-refractivity contribution is 0.312. The molecule has 0 amide bonds. The Morgan fingerprint density at radius 1 is 1.25 bits per heavy atom. The van der Waals surface area contributed by atoms with Crippen molar-refractivity contribution in [2.45, 2.75) is 44.6 Å². The van der Waals surface area contributed by atoms with Crippen molar-refractivity contribution in [2.75, 3.05) is 24.5 Å². The van der Waals surface area contributed by atoms with E-state index >= 15 is 0 Å². The van der Waals surface area contributed by atoms with Crippen LogP contribution in [0.4, 0.5) is 10.1 Å². The number of piperidine rings is 1. The maximum Gasteiger partial charge on any atom is 0.148 e. The zero-order valence-corrected chi connectivity index (χ0v) is 13.1. The van der Waals surface area contributed by atoms with Crippen molar-refractivity contribution in [3.63, 3.8) is 0 Å². The van der Waals surface area contributed by atoms with E-state index in [1.807, 2.05) is 6.07 Å². The molecule has 1 fully saturated rings. The first-order valence-corrected chi connectivity index (χ1v) is 7.69. The lowest BCUT2D eigenvalue weighted by Crippen LogP contribution is -2.47. The molecule has 0 aliphatic carbocycles. The maximum atomic E-state index is 14.5. The first kappa shape index (κ1) is 14.2. The van der Waals surface area contributed by atoms with E-state index in [0.717, 1.165) is 43.7 Å². The Hall–Kier alpha value is -0.800. The van der Waals surface area contributed by atoms with Crippen LogP contribution in [0.25, 0.3) is 0 Å². The van der Waals surface area contributed by atoms with Crippen molar-refractivity contribution in [2.24, 2.45) is 0 Å². The van der Waals surface area contributed by atoms with Gasteiger partial charge in [-0.1, -0.05) is 11.6 Å². The lowest BCUT2D eigenvalue weighted by atomic mass is 9.74. The standard InChI is InChI=1S/C16H22ClFN2/c1-15(2,3)20-10-16(4-6-19-7-5-16)12-8-11(17)9-13(18)14(12)20/h8-9,19H,4-7,10H2,1-3H3. The van der Waals surface area contributed by atoms with Crippen LogP contribution in [0, 0.1) is 5.82 Å². The molecule has 0 atom stereocenters. The summed E-state index contributed by atoms with van der Waals surface area (Å²) < 4.78 is 14.5. The van der Waals surface area contributed by atoms with Crippen LogP contribution in [-0.4, -0.2) is 25.2 Å². The van der Waals surface area contributed by atoms with E-state index in [-0.39, 0.29) is 16.8 Å². The van der Waals surface area contributed by atoms with Gasteiger partial charge in [-0.2, -0.15) is 0 Å². The molecule has 110 valence electrons. The molecule has 1 aromatic rings. The zero-order valence-electron chi connectivity index (χ0n) is 12.4. The van der Waals surface area contributed by atoms with Crippen LogP contribution < -0.4 is 10.2 Å². The Balaban J connectivity index is 2.17. The molecular formula is C16H22ClFN2. The fraction of sp³-hybridized carbons (Fsp3) is 0.625. The highest BCUT2D eigenvalue weighted by Gasteiger charge is 2.47. The summed E-state index contributed by atoms with van der Waals surface area (Å²) in [6, 6.07) is 3.43. The fourth-order valence-corrected chi connectivity index (χ4v) is 3.82. The third-order valence-corrected chi connectivity index (χ3v) is 4.92. The minimum Gasteiger partial charge on any atom is -0.363 e. The number of hydrogen-bond donors (Lipinski definition) is 1. The fourth-order valence-electron chi connectivity index (χ4n) is 3.62. The zero-order chi connectivity index (χ0) is 14.5. The molecule has 0 aromatic heterocycles. The monoisotopic (exact) mass is 296 g/mol. The summed E-state index contributed by atoms with van der Waals surface area (Å²) in [6.45, 7) is 9.31. The van der Waals surface area contributed by atoms with Gasteiger partial charge in [-0.05, 0) is 64.4 Å². The van der Waals surface area contributed by atoms with E-state index in [2.05, 4.69) is 31.0 Å². The number of nitrogens with zero attached hydrogens (tertiary/aromatic N) is 1. The summed E-state index contributed by atoms with van der Waals surface area (Å²) in [5.41, 5.74) is 1.85. The number of hydrogen-bond acceptors (Lipinski definition) is 2. The molecule has 0 radical (unpaired) electrons. The normalized spacial score (nSPS) is 21.4. The molecule has 4 heteroatoms. The van der Waals surface area contributed by atoms with Gasteiger partial charge in [0.05, 0.1) is 5.69 Å². The SMILES string of the molecule is CC(C)(C)N1CC2(CCNCC2)c2cc(Cl)cc(F)c21. The van der Waals surface area contributed by atoms with E-state index in [9.17, 15) is 4.39 Å². The van der Waals surface area contributed by atoms with Crippen LogP contribution in [0.3, 0.4) is 0 Å². The van der Waals surface area contributed by atoms with Gasteiger partial charge in [0.1, 0.15) is 5.82 Å². The highest BCUT2D eigenvalue weighted by molar-refractivity contribution is 6.30. The second-order valence-electron chi connectivity index (χ2n) is 7.07. The molecule has 0 unspecified atom stereocenters. The highest BCUT2D eigenvalue weighted by atomic mass is 35.5. The van der Waals surface area contributed by atoms with Gasteiger partial charge in [0, 0.05) is 22.5 Å². The predicted octanol–water partition coefficient (Wildman–Crippen LogP) is 3.72. The minimum atomic E-state index is -0.183. The Bertz CT molecular complexity index is 530. The van der Waals surface area contributed by atoms with Gasteiger partial charge in [0.2, 0.25) is 0 Å². The van der Waals surface area contributed by atoms with Crippen molar-refractivity contribution >= 4 is 17.3 Å². The predicted molar refractivity (Wildman–Crippen MR) is 82.3 cm³/mol. The molecule has 2 nitrogen and oxygen atoms in total. The van der Waals surface area contributed by atoms with Crippen molar-refractivity contribution in [1.82, 2.24) is 5.32 Å². The van der Waals surface area contributed by atoms with Crippen LogP contribution in [-0.2, 0) is 5.41 Å². The minimum absolute atomic E-state index is 0.0552. The first-order valence-electron chi connectivity index (χ1n) is 7.31. The van der Waals surface area contributed by atoms with Crippen LogP contribution in [0.15, 0.2) is 12.1 Å². The Kier molecular flexibility index (Phi) is 3.26. The van der Waals surface area contributed by atoms with E-state index < -0.39 is 0 Å². The van der Waals surface area contributed by atoms with Gasteiger partial charge in [0.15, 0.2) is 0 Å². The average Bonchev–Trinajstić information content (AvgIpc) is 2.65. The molecule has 3 rings (SSSR count). The van der Waals surface area contributed by atoms with Gasteiger partial charge in [-0.3, -0.25) is 0 Å². The molecular weight excluding hydrogens is 275 g/mol. The number of halogens is 2. The number of anilines is 1. The van der Waals surface area contributed by atoms with Gasteiger partial charge < -0.3 is 10.2 Å². The van der Waals surface area contributed by atoms with E-state index in [1.54, 1.807) is 0 Å². The lowest BCUT2D eigenvalue weighted by Gasteiger charge is -2.39. The molecule has 0 saturated carbocycles. The first-order chi connectivity index (χ1) is 9.33. The number of benzene rings is 1. The molecule has 1 N–H and O–H groups in total. The van der Waals surface area contributed by atoms with Gasteiger partial charge in [-0.25, -0.2) is 4.39 Å². The summed E-state index contributed by atoms with van der Waals surface area (Å²) >= 11 is 6.12. The van der Waals surface area contributed by atoms with E-state index in [0.29, 0.717) is 5.02 Å². The van der Waals surface area contributed by atoms with Crippen molar-refractivity contribution in [3.05, 3.63) is 28.5 Å². The molecule has 0 bridgehead atoms. The smallest absolute Gasteiger partial charge is 0.148 e. The molecule has 2 aliphatic heterocycles. The third-order valence-electron chi connectivity index (χ3n) is 4.70. The molecule has 2 aliphatic rings. The largest absolute Gasteiger partial charge is 0.363 e. The Labute approximate surface area is 125 Å². The summed E-state index contributed by atoms with van der Waals surface area (Å²) in [4.78, 5) is 2.22. The van der Waals surface area contributed by atoms with Crippen LogP contribution in [0.2, 0.25) is 5.02 Å². The summed E-state index contributed by atoms with van der Waals surface area (Å²) in [5.74, 6) is -0.183. The van der Waals surface area contributed by atoms with E-state index in [1.165, 1.54) is 6.07 Å².